The lowest BCUT2D eigenvalue weighted by Crippen LogP contribution is -2.11. The minimum atomic E-state index is -0.461. The first-order valence-corrected chi connectivity index (χ1v) is 7.99. The number of hydrogen-bond acceptors (Lipinski definition) is 5. The van der Waals surface area contributed by atoms with Crippen molar-refractivity contribution in [2.24, 2.45) is 0 Å². The molecule has 4 nitrogen and oxygen atoms in total. The Labute approximate surface area is 135 Å². The maximum absolute atomic E-state index is 11.9. The van der Waals surface area contributed by atoms with Crippen LogP contribution < -0.4 is 5.32 Å². The maximum atomic E-state index is 11.9. The zero-order valence-electron chi connectivity index (χ0n) is 11.3. The fraction of sp³-hybridized carbons (Fsp3) is 0.143. The maximum Gasteiger partial charge on any atom is 0.350 e. The number of esters is 1. The zero-order valence-corrected chi connectivity index (χ0v) is 13.7. The van der Waals surface area contributed by atoms with E-state index in [0.29, 0.717) is 14.9 Å². The Hall–Kier alpha value is -1.63. The minimum Gasteiger partial charge on any atom is -0.465 e. The number of nitrogens with one attached hydrogen (secondary N) is 1. The Kier molecular flexibility index (Phi) is 5.17. The van der Waals surface area contributed by atoms with Crippen molar-refractivity contribution < 1.29 is 14.3 Å². The van der Waals surface area contributed by atoms with E-state index in [0.717, 1.165) is 10.4 Å². The predicted octanol–water partition coefficient (Wildman–Crippen LogP) is 4.21. The van der Waals surface area contributed by atoms with Crippen LogP contribution in [0.1, 0.15) is 20.1 Å². The molecule has 0 aliphatic heterocycles. The summed E-state index contributed by atoms with van der Waals surface area (Å²) in [4.78, 5) is 24.8. The van der Waals surface area contributed by atoms with E-state index < -0.39 is 5.97 Å². The quantitative estimate of drug-likeness (QED) is 0.669. The van der Waals surface area contributed by atoms with E-state index >= 15 is 0 Å². The van der Waals surface area contributed by atoms with E-state index in [1.54, 1.807) is 17.5 Å². The van der Waals surface area contributed by atoms with Crippen LogP contribution in [0.2, 0.25) is 4.34 Å². The van der Waals surface area contributed by atoms with Crippen LogP contribution in [0.4, 0.5) is 5.69 Å². The number of carbonyl (C=O) groups excluding carboxylic acids is 2. The highest BCUT2D eigenvalue weighted by Crippen LogP contribution is 2.28. The molecule has 0 aromatic carbocycles. The first-order valence-electron chi connectivity index (χ1n) is 5.92. The van der Waals surface area contributed by atoms with Crippen LogP contribution in [-0.4, -0.2) is 19.0 Å². The Morgan fingerprint density at radius 3 is 2.76 bits per heavy atom. The van der Waals surface area contributed by atoms with Crippen LogP contribution in [0.25, 0.3) is 6.08 Å². The molecular weight excluding hydrogens is 330 g/mol. The van der Waals surface area contributed by atoms with Crippen LogP contribution in [0.15, 0.2) is 23.6 Å². The fourth-order valence-corrected chi connectivity index (χ4v) is 3.47. The summed E-state index contributed by atoms with van der Waals surface area (Å²) in [5.74, 6) is -0.774. The lowest BCUT2D eigenvalue weighted by atomic mass is 10.2. The average Bonchev–Trinajstić information content (AvgIpc) is 3.03. The van der Waals surface area contributed by atoms with Crippen molar-refractivity contribution in [3.63, 3.8) is 0 Å². The van der Waals surface area contributed by atoms with Gasteiger partial charge in [-0.3, -0.25) is 4.79 Å². The molecule has 110 valence electrons. The second-order valence-electron chi connectivity index (χ2n) is 4.08. The molecule has 2 aromatic heterocycles. The molecule has 0 bridgehead atoms. The van der Waals surface area contributed by atoms with Gasteiger partial charge in [0, 0.05) is 11.0 Å². The highest BCUT2D eigenvalue weighted by Gasteiger charge is 2.17. The summed E-state index contributed by atoms with van der Waals surface area (Å²) in [6, 6.07) is 3.59. The van der Waals surface area contributed by atoms with Gasteiger partial charge in [0.2, 0.25) is 5.91 Å². The Morgan fingerprint density at radius 1 is 1.38 bits per heavy atom. The van der Waals surface area contributed by atoms with E-state index in [2.05, 4.69) is 5.32 Å². The molecule has 1 N–H and O–H groups in total. The molecule has 2 rings (SSSR count). The van der Waals surface area contributed by atoms with Gasteiger partial charge >= 0.3 is 5.97 Å². The molecular formula is C14H12ClNO3S2. The van der Waals surface area contributed by atoms with Gasteiger partial charge in [-0.25, -0.2) is 4.79 Å². The second-order valence-corrected chi connectivity index (χ2v) is 6.71. The van der Waals surface area contributed by atoms with Gasteiger partial charge in [0.25, 0.3) is 0 Å². The average molecular weight is 342 g/mol. The normalized spacial score (nSPS) is 10.8. The van der Waals surface area contributed by atoms with Crippen molar-refractivity contribution in [1.29, 1.82) is 0 Å². The molecule has 2 heterocycles. The molecule has 0 saturated carbocycles. The van der Waals surface area contributed by atoms with Gasteiger partial charge in [-0.2, -0.15) is 0 Å². The summed E-state index contributed by atoms with van der Waals surface area (Å²) < 4.78 is 5.36. The standard InChI is InChI=1S/C14H12ClNO3S2/c1-8-7-20-13(14(18)19-2)12(8)16-11(17)6-4-9-3-5-10(15)21-9/h3-7H,1-2H3,(H,16,17)/b6-4+. The Morgan fingerprint density at radius 2 is 2.14 bits per heavy atom. The highest BCUT2D eigenvalue weighted by atomic mass is 35.5. The third-order valence-corrected chi connectivity index (χ3v) is 4.86. The van der Waals surface area contributed by atoms with Crippen LogP contribution in [0.3, 0.4) is 0 Å². The molecule has 0 fully saturated rings. The first-order chi connectivity index (χ1) is 10.0. The number of methoxy groups -OCH3 is 1. The van der Waals surface area contributed by atoms with Gasteiger partial charge in [0.05, 0.1) is 17.1 Å². The molecule has 0 radical (unpaired) electrons. The number of thiophene rings is 2. The van der Waals surface area contributed by atoms with Crippen molar-refractivity contribution in [1.82, 2.24) is 0 Å². The van der Waals surface area contributed by atoms with Gasteiger partial charge in [-0.1, -0.05) is 11.6 Å². The zero-order chi connectivity index (χ0) is 15.4. The molecule has 0 spiro atoms. The molecule has 0 aliphatic rings. The third-order valence-electron chi connectivity index (χ3n) is 2.59. The molecule has 0 saturated heterocycles. The van der Waals surface area contributed by atoms with Crippen molar-refractivity contribution in [3.8, 4) is 0 Å². The third kappa shape index (κ3) is 3.93. The van der Waals surface area contributed by atoms with E-state index in [9.17, 15) is 9.59 Å². The van der Waals surface area contributed by atoms with Crippen LogP contribution in [0, 0.1) is 6.92 Å². The number of halogens is 1. The first kappa shape index (κ1) is 15.8. The van der Waals surface area contributed by atoms with E-state index in [4.69, 9.17) is 16.3 Å². The predicted molar refractivity (Wildman–Crippen MR) is 87.4 cm³/mol. The lowest BCUT2D eigenvalue weighted by molar-refractivity contribution is -0.111. The van der Waals surface area contributed by atoms with Gasteiger partial charge in [0.1, 0.15) is 4.88 Å². The van der Waals surface area contributed by atoms with Gasteiger partial charge in [0.15, 0.2) is 0 Å². The topological polar surface area (TPSA) is 55.4 Å². The summed E-state index contributed by atoms with van der Waals surface area (Å²) in [5, 5.41) is 4.50. The molecule has 2 aromatic rings. The van der Waals surface area contributed by atoms with Crippen molar-refractivity contribution >= 4 is 57.9 Å². The van der Waals surface area contributed by atoms with Crippen molar-refractivity contribution in [2.75, 3.05) is 12.4 Å². The van der Waals surface area contributed by atoms with Gasteiger partial charge in [-0.15, -0.1) is 22.7 Å². The van der Waals surface area contributed by atoms with E-state index in [1.165, 1.54) is 35.9 Å². The van der Waals surface area contributed by atoms with E-state index in [1.807, 2.05) is 13.0 Å². The summed E-state index contributed by atoms with van der Waals surface area (Å²) in [7, 11) is 1.31. The Balaban J connectivity index is 2.11. The largest absolute Gasteiger partial charge is 0.465 e. The van der Waals surface area contributed by atoms with Crippen LogP contribution in [-0.2, 0) is 9.53 Å². The smallest absolute Gasteiger partial charge is 0.350 e. The number of hydrogen-bond donors (Lipinski definition) is 1. The number of anilines is 1. The van der Waals surface area contributed by atoms with Crippen molar-refractivity contribution in [3.05, 3.63) is 43.2 Å². The second kappa shape index (κ2) is 6.89. The number of carbonyl (C=O) groups is 2. The fourth-order valence-electron chi connectivity index (χ4n) is 1.58. The van der Waals surface area contributed by atoms with Crippen LogP contribution >= 0.6 is 34.3 Å². The molecule has 0 atom stereocenters. The van der Waals surface area contributed by atoms with E-state index in [-0.39, 0.29) is 5.91 Å². The highest BCUT2D eigenvalue weighted by molar-refractivity contribution is 7.17. The number of aryl methyl sites for hydroxylation is 1. The molecule has 7 heteroatoms. The number of amides is 1. The number of ether oxygens (including phenoxy) is 1. The monoisotopic (exact) mass is 341 g/mol. The summed E-state index contributed by atoms with van der Waals surface area (Å²) in [6.45, 7) is 1.82. The van der Waals surface area contributed by atoms with Gasteiger partial charge in [-0.05, 0) is 36.1 Å². The number of rotatable bonds is 4. The molecule has 0 unspecified atom stereocenters. The summed E-state index contributed by atoms with van der Waals surface area (Å²) in [5.41, 5.74) is 1.31. The molecule has 1 amide bonds. The molecule has 0 aliphatic carbocycles. The minimum absolute atomic E-state index is 0.314. The lowest BCUT2D eigenvalue weighted by Gasteiger charge is -2.04. The van der Waals surface area contributed by atoms with Crippen molar-refractivity contribution in [2.45, 2.75) is 6.92 Å². The van der Waals surface area contributed by atoms with Crippen LogP contribution in [0.5, 0.6) is 0 Å². The summed E-state index contributed by atoms with van der Waals surface area (Å²) >= 11 is 8.44. The molecule has 21 heavy (non-hydrogen) atoms. The Bertz CT molecular complexity index is 703. The summed E-state index contributed by atoms with van der Waals surface area (Å²) in [6.07, 6.45) is 3.08. The van der Waals surface area contributed by atoms with Gasteiger partial charge < -0.3 is 10.1 Å². The SMILES string of the molecule is COC(=O)c1scc(C)c1NC(=O)/C=C/c1ccc(Cl)s1.